The molecule has 2 aliphatic heterocycles. The van der Waals surface area contributed by atoms with Crippen LogP contribution in [0.4, 0.5) is 0 Å². The maximum Gasteiger partial charge on any atom is 0.224 e. The number of amides is 1. The van der Waals surface area contributed by atoms with E-state index < -0.39 is 0 Å². The van der Waals surface area contributed by atoms with E-state index in [9.17, 15) is 4.79 Å². The molecule has 1 amide bonds. The average molecular weight is 414 g/mol. The predicted molar refractivity (Wildman–Crippen MR) is 121 cm³/mol. The van der Waals surface area contributed by atoms with Gasteiger partial charge in [0.05, 0.1) is 18.1 Å². The van der Waals surface area contributed by atoms with E-state index in [1.807, 2.05) is 13.8 Å². The maximum atomic E-state index is 12.8. The van der Waals surface area contributed by atoms with Crippen molar-refractivity contribution in [1.29, 1.82) is 0 Å². The van der Waals surface area contributed by atoms with Gasteiger partial charge in [0.2, 0.25) is 5.91 Å². The summed E-state index contributed by atoms with van der Waals surface area (Å²) in [5.74, 6) is 0.306. The molecule has 0 saturated carbocycles. The second-order valence-electron chi connectivity index (χ2n) is 10.2. The lowest BCUT2D eigenvalue weighted by molar-refractivity contribution is -0.129. The molecule has 1 N–H and O–H groups in total. The van der Waals surface area contributed by atoms with Crippen molar-refractivity contribution in [2.45, 2.75) is 70.0 Å². The van der Waals surface area contributed by atoms with Crippen molar-refractivity contribution in [3.8, 4) is 0 Å². The predicted octanol–water partition coefficient (Wildman–Crippen LogP) is 2.87. The van der Waals surface area contributed by atoms with Gasteiger partial charge < -0.3 is 10.1 Å². The van der Waals surface area contributed by atoms with Gasteiger partial charge in [-0.05, 0) is 83.1 Å². The van der Waals surface area contributed by atoms with Gasteiger partial charge in [-0.25, -0.2) is 0 Å². The van der Waals surface area contributed by atoms with Crippen LogP contribution >= 0.6 is 0 Å². The third-order valence-electron chi connectivity index (χ3n) is 7.35. The maximum absolute atomic E-state index is 12.8. The number of ether oxygens (including phenoxy) is 1. The molecule has 2 heterocycles. The highest BCUT2D eigenvalue weighted by atomic mass is 16.5. The fraction of sp³-hybridized carbons (Fsp3) is 0.720. The fourth-order valence-electron chi connectivity index (χ4n) is 5.79. The SMILES string of the molecule is COCC(C)(C)NC(=O)[C@@H]1CCCN(C2CCN(C3Cc4ccccc4C3)CC2)C1. The Bertz CT molecular complexity index is 702. The van der Waals surface area contributed by atoms with Gasteiger partial charge in [-0.3, -0.25) is 14.6 Å². The smallest absolute Gasteiger partial charge is 0.224 e. The van der Waals surface area contributed by atoms with Crippen LogP contribution in [0, 0.1) is 5.92 Å². The monoisotopic (exact) mass is 413 g/mol. The van der Waals surface area contributed by atoms with Crippen LogP contribution in [0.5, 0.6) is 0 Å². The van der Waals surface area contributed by atoms with E-state index >= 15 is 0 Å². The third kappa shape index (κ3) is 5.06. The number of methoxy groups -OCH3 is 1. The van der Waals surface area contributed by atoms with Crippen molar-refractivity contribution < 1.29 is 9.53 Å². The summed E-state index contributed by atoms with van der Waals surface area (Å²) in [7, 11) is 1.69. The molecule has 1 aliphatic carbocycles. The lowest BCUT2D eigenvalue weighted by Gasteiger charge is -2.43. The number of rotatable bonds is 6. The molecule has 0 unspecified atom stereocenters. The zero-order valence-corrected chi connectivity index (χ0v) is 19.0. The zero-order valence-electron chi connectivity index (χ0n) is 19.0. The molecule has 30 heavy (non-hydrogen) atoms. The molecule has 5 nitrogen and oxygen atoms in total. The number of piperidine rings is 2. The van der Waals surface area contributed by atoms with Crippen LogP contribution in [-0.2, 0) is 22.4 Å². The van der Waals surface area contributed by atoms with Gasteiger partial charge in [-0.1, -0.05) is 24.3 Å². The molecular weight excluding hydrogens is 374 g/mol. The molecule has 0 bridgehead atoms. The highest BCUT2D eigenvalue weighted by Crippen LogP contribution is 2.30. The van der Waals surface area contributed by atoms with Crippen LogP contribution in [0.2, 0.25) is 0 Å². The summed E-state index contributed by atoms with van der Waals surface area (Å²) in [6, 6.07) is 10.3. The molecule has 1 aromatic carbocycles. The normalized spacial score (nSPS) is 24.7. The molecule has 5 heteroatoms. The lowest BCUT2D eigenvalue weighted by atomic mass is 9.92. The number of benzene rings is 1. The fourth-order valence-corrected chi connectivity index (χ4v) is 5.79. The quantitative estimate of drug-likeness (QED) is 0.779. The first kappa shape index (κ1) is 21.8. The van der Waals surface area contributed by atoms with Gasteiger partial charge in [-0.15, -0.1) is 0 Å². The summed E-state index contributed by atoms with van der Waals surface area (Å²) in [5.41, 5.74) is 2.79. The second kappa shape index (κ2) is 9.37. The molecule has 166 valence electrons. The highest BCUT2D eigenvalue weighted by molar-refractivity contribution is 5.79. The Morgan fingerprint density at radius 3 is 2.33 bits per heavy atom. The second-order valence-corrected chi connectivity index (χ2v) is 10.2. The molecule has 1 atom stereocenters. The van der Waals surface area contributed by atoms with Crippen molar-refractivity contribution >= 4 is 5.91 Å². The minimum absolute atomic E-state index is 0.109. The Labute approximate surface area is 182 Å². The Hall–Kier alpha value is -1.43. The number of nitrogens with one attached hydrogen (secondary N) is 1. The molecule has 1 aromatic rings. The number of hydrogen-bond donors (Lipinski definition) is 1. The number of fused-ring (bicyclic) bond motifs is 1. The molecule has 2 fully saturated rings. The molecule has 0 spiro atoms. The summed E-state index contributed by atoms with van der Waals surface area (Å²) < 4.78 is 5.25. The molecule has 0 aromatic heterocycles. The third-order valence-corrected chi connectivity index (χ3v) is 7.35. The summed E-state index contributed by atoms with van der Waals surface area (Å²) >= 11 is 0. The Morgan fingerprint density at radius 2 is 1.70 bits per heavy atom. The van der Waals surface area contributed by atoms with Crippen molar-refractivity contribution in [2.75, 3.05) is 39.9 Å². The summed E-state index contributed by atoms with van der Waals surface area (Å²) in [6.45, 7) is 9.05. The van der Waals surface area contributed by atoms with E-state index in [0.29, 0.717) is 18.7 Å². The van der Waals surface area contributed by atoms with Gasteiger partial charge in [0.1, 0.15) is 0 Å². The Kier molecular flexibility index (Phi) is 6.81. The van der Waals surface area contributed by atoms with Crippen LogP contribution in [0.15, 0.2) is 24.3 Å². The van der Waals surface area contributed by atoms with Gasteiger partial charge in [-0.2, -0.15) is 0 Å². The largest absolute Gasteiger partial charge is 0.382 e. The van der Waals surface area contributed by atoms with Crippen molar-refractivity contribution in [3.63, 3.8) is 0 Å². The van der Waals surface area contributed by atoms with Crippen molar-refractivity contribution in [2.24, 2.45) is 5.92 Å². The van der Waals surface area contributed by atoms with E-state index in [0.717, 1.165) is 25.9 Å². The molecule has 2 saturated heterocycles. The van der Waals surface area contributed by atoms with E-state index in [1.54, 1.807) is 18.2 Å². The lowest BCUT2D eigenvalue weighted by Crippen LogP contribution is -2.54. The standard InChI is InChI=1S/C25H39N3O2/c1-25(2,18-30-3)26-24(29)21-9-6-12-28(17-21)22-10-13-27(14-11-22)23-15-19-7-4-5-8-20(19)16-23/h4-5,7-8,21-23H,6,9-18H2,1-3H3,(H,26,29)/t21-/m1/s1. The van der Waals surface area contributed by atoms with Crippen LogP contribution in [0.3, 0.4) is 0 Å². The Morgan fingerprint density at radius 1 is 1.03 bits per heavy atom. The van der Waals surface area contributed by atoms with E-state index in [2.05, 4.69) is 39.4 Å². The molecule has 3 aliphatic rings. The van der Waals surface area contributed by atoms with Crippen LogP contribution < -0.4 is 5.32 Å². The average Bonchev–Trinajstić information content (AvgIpc) is 3.18. The molecular formula is C25H39N3O2. The van der Waals surface area contributed by atoms with E-state index in [-0.39, 0.29) is 17.4 Å². The number of carbonyl (C=O) groups is 1. The summed E-state index contributed by atoms with van der Waals surface area (Å²) in [6.07, 6.45) is 7.02. The number of nitrogens with zero attached hydrogens (tertiary/aromatic N) is 2. The first-order valence-corrected chi connectivity index (χ1v) is 11.8. The highest BCUT2D eigenvalue weighted by Gasteiger charge is 2.35. The first-order chi connectivity index (χ1) is 14.4. The number of hydrogen-bond acceptors (Lipinski definition) is 4. The van der Waals surface area contributed by atoms with Crippen LogP contribution in [0.25, 0.3) is 0 Å². The number of carbonyl (C=O) groups excluding carboxylic acids is 1. The molecule has 4 rings (SSSR count). The first-order valence-electron chi connectivity index (χ1n) is 11.8. The Balaban J connectivity index is 1.26. The van der Waals surface area contributed by atoms with Crippen LogP contribution in [0.1, 0.15) is 50.7 Å². The van der Waals surface area contributed by atoms with Gasteiger partial charge >= 0.3 is 0 Å². The number of likely N-dealkylation sites (tertiary alicyclic amines) is 2. The molecule has 0 radical (unpaired) electrons. The van der Waals surface area contributed by atoms with Gasteiger partial charge in [0.25, 0.3) is 0 Å². The van der Waals surface area contributed by atoms with Crippen molar-refractivity contribution in [3.05, 3.63) is 35.4 Å². The topological polar surface area (TPSA) is 44.8 Å². The van der Waals surface area contributed by atoms with E-state index in [4.69, 9.17) is 4.74 Å². The summed E-state index contributed by atoms with van der Waals surface area (Å²) in [4.78, 5) is 18.2. The van der Waals surface area contributed by atoms with Crippen molar-refractivity contribution in [1.82, 2.24) is 15.1 Å². The minimum Gasteiger partial charge on any atom is -0.382 e. The van der Waals surface area contributed by atoms with Gasteiger partial charge in [0, 0.05) is 25.7 Å². The van der Waals surface area contributed by atoms with Gasteiger partial charge in [0.15, 0.2) is 0 Å². The minimum atomic E-state index is -0.307. The van der Waals surface area contributed by atoms with E-state index in [1.165, 1.54) is 38.8 Å². The van der Waals surface area contributed by atoms with Crippen LogP contribution in [-0.4, -0.2) is 73.2 Å². The zero-order chi connectivity index (χ0) is 21.1. The summed E-state index contributed by atoms with van der Waals surface area (Å²) in [5, 5.41) is 3.20.